The molecule has 1 N–H and O–H groups in total. The molecule has 0 aliphatic carbocycles. The van der Waals surface area contributed by atoms with Gasteiger partial charge in [-0.05, 0) is 43.5 Å². The first-order valence-corrected chi connectivity index (χ1v) is 8.50. The topological polar surface area (TPSA) is 38.3 Å². The third-order valence-corrected chi connectivity index (χ3v) is 3.83. The molecule has 0 aliphatic heterocycles. The van der Waals surface area contributed by atoms with Crippen LogP contribution in [0.25, 0.3) is 0 Å². The Hall–Kier alpha value is -1.03. The summed E-state index contributed by atoms with van der Waals surface area (Å²) in [5.74, 6) is 0.753. The first-order chi connectivity index (χ1) is 10.0. The molecule has 1 rings (SSSR count). The Kier molecular flexibility index (Phi) is 8.43. The number of benzene rings is 1. The Labute approximate surface area is 136 Å². The zero-order valence-corrected chi connectivity index (χ0v) is 14.9. The van der Waals surface area contributed by atoms with Crippen molar-refractivity contribution < 1.29 is 9.53 Å². The van der Waals surface area contributed by atoms with Crippen LogP contribution in [0.4, 0.5) is 0 Å². The SMILES string of the molecule is CCCCCCCNC(=O)COc1c(C)cc(Br)cc1C. The predicted molar refractivity (Wildman–Crippen MR) is 90.9 cm³/mol. The molecular formula is C17H26BrNO2. The molecule has 0 fully saturated rings. The molecule has 21 heavy (non-hydrogen) atoms. The van der Waals surface area contributed by atoms with Gasteiger partial charge in [-0.2, -0.15) is 0 Å². The molecule has 0 atom stereocenters. The van der Waals surface area contributed by atoms with Crippen molar-refractivity contribution in [3.63, 3.8) is 0 Å². The third-order valence-electron chi connectivity index (χ3n) is 3.38. The summed E-state index contributed by atoms with van der Waals surface area (Å²) in [4.78, 5) is 11.7. The van der Waals surface area contributed by atoms with Crippen LogP contribution in [0.1, 0.15) is 50.2 Å². The number of nitrogens with one attached hydrogen (secondary N) is 1. The number of carbonyl (C=O) groups excluding carboxylic acids is 1. The van der Waals surface area contributed by atoms with Gasteiger partial charge in [-0.15, -0.1) is 0 Å². The second-order valence-corrected chi connectivity index (χ2v) is 6.34. The quantitative estimate of drug-likeness (QED) is 0.660. The minimum atomic E-state index is -0.0489. The average molecular weight is 356 g/mol. The van der Waals surface area contributed by atoms with Crippen LogP contribution in [-0.4, -0.2) is 19.1 Å². The van der Waals surface area contributed by atoms with Gasteiger partial charge >= 0.3 is 0 Å². The van der Waals surface area contributed by atoms with Crippen molar-refractivity contribution in [1.29, 1.82) is 0 Å². The van der Waals surface area contributed by atoms with Crippen molar-refractivity contribution in [3.05, 3.63) is 27.7 Å². The van der Waals surface area contributed by atoms with Gasteiger partial charge in [0.25, 0.3) is 5.91 Å². The monoisotopic (exact) mass is 355 g/mol. The molecule has 0 aromatic heterocycles. The molecule has 0 heterocycles. The number of hydrogen-bond donors (Lipinski definition) is 1. The van der Waals surface area contributed by atoms with Crippen molar-refractivity contribution in [2.75, 3.05) is 13.2 Å². The highest BCUT2D eigenvalue weighted by Crippen LogP contribution is 2.27. The summed E-state index contributed by atoms with van der Waals surface area (Å²) in [6, 6.07) is 3.99. The first-order valence-electron chi connectivity index (χ1n) is 7.70. The van der Waals surface area contributed by atoms with Gasteiger partial charge < -0.3 is 10.1 Å². The molecule has 0 spiro atoms. The average Bonchev–Trinajstić information content (AvgIpc) is 2.41. The number of halogens is 1. The lowest BCUT2D eigenvalue weighted by Gasteiger charge is -2.12. The fourth-order valence-corrected chi connectivity index (χ4v) is 2.96. The maximum atomic E-state index is 11.7. The Morgan fingerprint density at radius 2 is 1.76 bits per heavy atom. The van der Waals surface area contributed by atoms with Gasteiger partial charge in [0, 0.05) is 11.0 Å². The molecule has 1 aromatic carbocycles. The van der Waals surface area contributed by atoms with E-state index in [0.29, 0.717) is 0 Å². The lowest BCUT2D eigenvalue weighted by molar-refractivity contribution is -0.123. The van der Waals surface area contributed by atoms with E-state index in [0.717, 1.165) is 34.3 Å². The minimum absolute atomic E-state index is 0.0489. The van der Waals surface area contributed by atoms with E-state index in [1.165, 1.54) is 25.7 Å². The van der Waals surface area contributed by atoms with E-state index in [4.69, 9.17) is 4.74 Å². The van der Waals surface area contributed by atoms with Gasteiger partial charge in [-0.25, -0.2) is 0 Å². The number of rotatable bonds is 9. The summed E-state index contributed by atoms with van der Waals surface area (Å²) in [6.07, 6.45) is 5.99. The molecule has 0 radical (unpaired) electrons. The number of carbonyl (C=O) groups is 1. The summed E-state index contributed by atoms with van der Waals surface area (Å²) < 4.78 is 6.68. The van der Waals surface area contributed by atoms with E-state index in [9.17, 15) is 4.79 Å². The Morgan fingerprint density at radius 3 is 2.38 bits per heavy atom. The number of aryl methyl sites for hydroxylation is 2. The normalized spacial score (nSPS) is 10.5. The number of amides is 1. The third kappa shape index (κ3) is 6.98. The molecule has 3 nitrogen and oxygen atoms in total. The number of ether oxygens (including phenoxy) is 1. The lowest BCUT2D eigenvalue weighted by Crippen LogP contribution is -2.29. The fourth-order valence-electron chi connectivity index (χ4n) is 2.27. The molecule has 4 heteroatoms. The van der Waals surface area contributed by atoms with E-state index in [1.807, 2.05) is 26.0 Å². The molecule has 0 saturated carbocycles. The molecule has 0 saturated heterocycles. The van der Waals surface area contributed by atoms with E-state index in [1.54, 1.807) is 0 Å². The van der Waals surface area contributed by atoms with Gasteiger partial charge in [-0.1, -0.05) is 48.5 Å². The van der Waals surface area contributed by atoms with Crippen LogP contribution >= 0.6 is 15.9 Å². The molecule has 1 aromatic rings. The van der Waals surface area contributed by atoms with Gasteiger partial charge in [0.15, 0.2) is 6.61 Å². The maximum Gasteiger partial charge on any atom is 0.257 e. The predicted octanol–water partition coefficient (Wildman–Crippen LogP) is 4.53. The van der Waals surface area contributed by atoms with Crippen molar-refractivity contribution in [1.82, 2.24) is 5.32 Å². The Bertz CT molecular complexity index is 437. The summed E-state index contributed by atoms with van der Waals surface area (Å²) >= 11 is 3.45. The van der Waals surface area contributed by atoms with Crippen molar-refractivity contribution in [2.24, 2.45) is 0 Å². The number of unbranched alkanes of at least 4 members (excludes halogenated alkanes) is 4. The summed E-state index contributed by atoms with van der Waals surface area (Å²) in [5.41, 5.74) is 2.07. The highest BCUT2D eigenvalue weighted by Gasteiger charge is 2.08. The van der Waals surface area contributed by atoms with Gasteiger partial charge in [-0.3, -0.25) is 4.79 Å². The molecule has 118 valence electrons. The van der Waals surface area contributed by atoms with E-state index in [2.05, 4.69) is 28.2 Å². The minimum Gasteiger partial charge on any atom is -0.483 e. The second kappa shape index (κ2) is 9.82. The lowest BCUT2D eigenvalue weighted by atomic mass is 10.1. The fraction of sp³-hybridized carbons (Fsp3) is 0.588. The van der Waals surface area contributed by atoms with Crippen LogP contribution in [-0.2, 0) is 4.79 Å². The van der Waals surface area contributed by atoms with E-state index >= 15 is 0 Å². The van der Waals surface area contributed by atoms with Crippen LogP contribution in [0.2, 0.25) is 0 Å². The first kappa shape index (κ1) is 18.0. The molecule has 1 amide bonds. The van der Waals surface area contributed by atoms with Crippen LogP contribution in [0, 0.1) is 13.8 Å². The second-order valence-electron chi connectivity index (χ2n) is 5.42. The molecule has 0 unspecified atom stereocenters. The Morgan fingerprint density at radius 1 is 1.14 bits per heavy atom. The standard InChI is InChI=1S/C17H26BrNO2/c1-4-5-6-7-8-9-19-16(20)12-21-17-13(2)10-15(18)11-14(17)3/h10-11H,4-9,12H2,1-3H3,(H,19,20). The van der Waals surface area contributed by atoms with Crippen molar-refractivity contribution >= 4 is 21.8 Å². The van der Waals surface area contributed by atoms with E-state index < -0.39 is 0 Å². The van der Waals surface area contributed by atoms with Gasteiger partial charge in [0.1, 0.15) is 5.75 Å². The highest BCUT2D eigenvalue weighted by molar-refractivity contribution is 9.10. The van der Waals surface area contributed by atoms with Crippen molar-refractivity contribution in [2.45, 2.75) is 52.9 Å². The zero-order chi connectivity index (χ0) is 15.7. The highest BCUT2D eigenvalue weighted by atomic mass is 79.9. The molecule has 0 bridgehead atoms. The van der Waals surface area contributed by atoms with Crippen LogP contribution < -0.4 is 10.1 Å². The summed E-state index contributed by atoms with van der Waals surface area (Å²) in [7, 11) is 0. The van der Waals surface area contributed by atoms with Gasteiger partial charge in [0.05, 0.1) is 0 Å². The van der Waals surface area contributed by atoms with Crippen molar-refractivity contribution in [3.8, 4) is 5.75 Å². The maximum absolute atomic E-state index is 11.7. The molecule has 0 aliphatic rings. The van der Waals surface area contributed by atoms with Crippen LogP contribution in [0.15, 0.2) is 16.6 Å². The number of hydrogen-bond acceptors (Lipinski definition) is 2. The Balaban J connectivity index is 2.27. The van der Waals surface area contributed by atoms with E-state index in [-0.39, 0.29) is 12.5 Å². The van der Waals surface area contributed by atoms with Gasteiger partial charge in [0.2, 0.25) is 0 Å². The van der Waals surface area contributed by atoms with Crippen LogP contribution in [0.3, 0.4) is 0 Å². The molecular weight excluding hydrogens is 330 g/mol. The zero-order valence-electron chi connectivity index (χ0n) is 13.3. The summed E-state index contributed by atoms with van der Waals surface area (Å²) in [5, 5.41) is 2.91. The smallest absolute Gasteiger partial charge is 0.257 e. The summed E-state index contributed by atoms with van der Waals surface area (Å²) in [6.45, 7) is 6.99. The largest absolute Gasteiger partial charge is 0.483 e. The van der Waals surface area contributed by atoms with Crippen LogP contribution in [0.5, 0.6) is 5.75 Å².